The number of aromatic nitrogens is 1. The van der Waals surface area contributed by atoms with Gasteiger partial charge < -0.3 is 19.5 Å². The van der Waals surface area contributed by atoms with E-state index in [1.807, 2.05) is 6.92 Å². The number of amides is 1. The Morgan fingerprint density at radius 1 is 1.22 bits per heavy atom. The summed E-state index contributed by atoms with van der Waals surface area (Å²) in [5, 5.41) is 2.99. The van der Waals surface area contributed by atoms with E-state index in [-0.39, 0.29) is 16.4 Å². The number of esters is 1. The molecule has 9 heteroatoms. The van der Waals surface area contributed by atoms with Crippen molar-refractivity contribution < 1.29 is 23.8 Å². The predicted molar refractivity (Wildman–Crippen MR) is 102 cm³/mol. The second-order valence-electron chi connectivity index (χ2n) is 5.32. The molecule has 2 aromatic rings. The number of ether oxygens (including phenoxy) is 3. The highest BCUT2D eigenvalue weighted by atomic mass is 35.5. The molecule has 0 aliphatic rings. The summed E-state index contributed by atoms with van der Waals surface area (Å²) in [4.78, 5) is 28.4. The Morgan fingerprint density at radius 3 is 2.59 bits per heavy atom. The topological polar surface area (TPSA) is 86.8 Å². The average Bonchev–Trinajstić information content (AvgIpc) is 2.64. The van der Waals surface area contributed by atoms with E-state index >= 15 is 0 Å². The Hall–Kier alpha value is -2.51. The molecule has 2 rings (SSSR count). The Kier molecular flexibility index (Phi) is 7.27. The van der Waals surface area contributed by atoms with E-state index in [2.05, 4.69) is 10.3 Å². The van der Waals surface area contributed by atoms with Crippen molar-refractivity contribution in [3.63, 3.8) is 0 Å². The molecule has 0 bridgehead atoms. The van der Waals surface area contributed by atoms with Crippen LogP contribution in [0.15, 0.2) is 30.5 Å². The first-order chi connectivity index (χ1) is 12.8. The maximum absolute atomic E-state index is 12.3. The number of carbonyl (C=O) groups is 2. The summed E-state index contributed by atoms with van der Waals surface area (Å²) in [5.41, 5.74) is 0.220. The number of rotatable bonds is 7. The molecule has 1 N–H and O–H groups in total. The smallest absolute Gasteiger partial charge is 0.339 e. The first kappa shape index (κ1) is 20.8. The highest BCUT2D eigenvalue weighted by Crippen LogP contribution is 2.28. The second-order valence-corrected chi connectivity index (χ2v) is 6.16. The minimum Gasteiger partial charge on any atom is -0.493 e. The molecule has 7 nitrogen and oxygen atoms in total. The monoisotopic (exact) mass is 412 g/mol. The Labute approximate surface area is 166 Å². The van der Waals surface area contributed by atoms with Gasteiger partial charge in [-0.1, -0.05) is 23.2 Å². The number of carbonyl (C=O) groups excluding carboxylic acids is 2. The summed E-state index contributed by atoms with van der Waals surface area (Å²) in [6, 6.07) is 6.04. The molecule has 0 aliphatic heterocycles. The first-order valence-corrected chi connectivity index (χ1v) is 8.75. The maximum atomic E-state index is 12.3. The van der Waals surface area contributed by atoms with E-state index in [0.717, 1.165) is 0 Å². The molecular weight excluding hydrogens is 395 g/mol. The van der Waals surface area contributed by atoms with Crippen molar-refractivity contribution in [1.82, 2.24) is 4.98 Å². The van der Waals surface area contributed by atoms with Gasteiger partial charge in [0.25, 0.3) is 5.91 Å². The second kappa shape index (κ2) is 9.43. The van der Waals surface area contributed by atoms with Crippen molar-refractivity contribution in [3.05, 3.63) is 46.1 Å². The fraction of sp³-hybridized carbons (Fsp3) is 0.278. The largest absolute Gasteiger partial charge is 0.493 e. The van der Waals surface area contributed by atoms with Gasteiger partial charge in [-0.15, -0.1) is 0 Å². The fourth-order valence-electron chi connectivity index (χ4n) is 2.08. The van der Waals surface area contributed by atoms with Gasteiger partial charge in [0, 0.05) is 6.20 Å². The molecule has 0 fully saturated rings. The van der Waals surface area contributed by atoms with Crippen LogP contribution in [0.4, 0.5) is 5.82 Å². The number of halogens is 2. The Balaban J connectivity index is 2.04. The average molecular weight is 413 g/mol. The van der Waals surface area contributed by atoms with Crippen molar-refractivity contribution in [2.45, 2.75) is 20.0 Å². The molecule has 0 radical (unpaired) electrons. The van der Waals surface area contributed by atoms with E-state index in [1.165, 1.54) is 38.4 Å². The van der Waals surface area contributed by atoms with Crippen LogP contribution in [0.3, 0.4) is 0 Å². The summed E-state index contributed by atoms with van der Waals surface area (Å²) in [6.07, 6.45) is 0.259. The first-order valence-electron chi connectivity index (χ1n) is 7.99. The summed E-state index contributed by atoms with van der Waals surface area (Å²) < 4.78 is 15.8. The third kappa shape index (κ3) is 5.48. The van der Waals surface area contributed by atoms with Crippen molar-refractivity contribution in [2.24, 2.45) is 0 Å². The highest BCUT2D eigenvalue weighted by molar-refractivity contribution is 6.36. The predicted octanol–water partition coefficient (Wildman–Crippen LogP) is 3.98. The number of methoxy groups -OCH3 is 1. The summed E-state index contributed by atoms with van der Waals surface area (Å²) in [6.45, 7) is 3.73. The van der Waals surface area contributed by atoms with Crippen molar-refractivity contribution in [3.8, 4) is 11.5 Å². The lowest BCUT2D eigenvalue weighted by atomic mass is 10.2. The fourth-order valence-corrected chi connectivity index (χ4v) is 2.50. The lowest BCUT2D eigenvalue weighted by molar-refractivity contribution is -0.123. The van der Waals surface area contributed by atoms with Gasteiger partial charge in [-0.2, -0.15) is 0 Å². The number of anilines is 1. The zero-order valence-corrected chi connectivity index (χ0v) is 16.4. The van der Waals surface area contributed by atoms with Crippen molar-refractivity contribution in [2.75, 3.05) is 19.0 Å². The standard InChI is InChI=1S/C18H18Cl2N2O5/c1-4-26-14-6-5-11(7-15(14)25-3)18(24)27-10(2)17(23)22-16-13(20)8-12(19)9-21-16/h5-10H,4H2,1-3H3,(H,21,22,23)/t10-/m0/s1. The molecule has 27 heavy (non-hydrogen) atoms. The third-order valence-electron chi connectivity index (χ3n) is 3.40. The number of nitrogens with one attached hydrogen (secondary N) is 1. The van der Waals surface area contributed by atoms with Crippen LogP contribution in [0.5, 0.6) is 11.5 Å². The normalized spacial score (nSPS) is 11.4. The van der Waals surface area contributed by atoms with Crippen molar-refractivity contribution in [1.29, 1.82) is 0 Å². The van der Waals surface area contributed by atoms with E-state index in [0.29, 0.717) is 23.1 Å². The van der Waals surface area contributed by atoms with E-state index < -0.39 is 18.0 Å². The molecule has 1 heterocycles. The van der Waals surface area contributed by atoms with Crippen LogP contribution in [0.25, 0.3) is 0 Å². The number of pyridine rings is 1. The number of benzene rings is 1. The van der Waals surface area contributed by atoms with Gasteiger partial charge >= 0.3 is 5.97 Å². The van der Waals surface area contributed by atoms with E-state index in [1.54, 1.807) is 6.07 Å². The Bertz CT molecular complexity index is 844. The number of hydrogen-bond acceptors (Lipinski definition) is 6. The van der Waals surface area contributed by atoms with Crippen LogP contribution in [0.1, 0.15) is 24.2 Å². The van der Waals surface area contributed by atoms with E-state index in [4.69, 9.17) is 37.4 Å². The van der Waals surface area contributed by atoms with Crippen LogP contribution in [-0.4, -0.2) is 36.7 Å². The lowest BCUT2D eigenvalue weighted by Gasteiger charge is -2.15. The number of nitrogens with zero attached hydrogens (tertiary/aromatic N) is 1. The molecule has 1 atom stereocenters. The summed E-state index contributed by atoms with van der Waals surface area (Å²) in [7, 11) is 1.46. The molecule has 1 aromatic heterocycles. The minimum atomic E-state index is -1.08. The molecule has 0 spiro atoms. The molecule has 0 saturated heterocycles. The molecule has 0 aliphatic carbocycles. The molecule has 0 saturated carbocycles. The van der Waals surface area contributed by atoms with Crippen LogP contribution in [0, 0.1) is 0 Å². The van der Waals surface area contributed by atoms with Crippen LogP contribution >= 0.6 is 23.2 Å². The molecular formula is C18H18Cl2N2O5. The maximum Gasteiger partial charge on any atom is 0.339 e. The van der Waals surface area contributed by atoms with Crippen molar-refractivity contribution >= 4 is 40.9 Å². The molecule has 0 unspecified atom stereocenters. The lowest BCUT2D eigenvalue weighted by Crippen LogP contribution is -2.30. The van der Waals surface area contributed by atoms with Crippen LogP contribution < -0.4 is 14.8 Å². The van der Waals surface area contributed by atoms with Gasteiger partial charge in [0.05, 0.1) is 29.3 Å². The third-order valence-corrected chi connectivity index (χ3v) is 3.90. The minimum absolute atomic E-state index is 0.122. The highest BCUT2D eigenvalue weighted by Gasteiger charge is 2.21. The number of hydrogen-bond donors (Lipinski definition) is 1. The van der Waals surface area contributed by atoms with Gasteiger partial charge in [-0.3, -0.25) is 4.79 Å². The van der Waals surface area contributed by atoms with Gasteiger partial charge in [0.2, 0.25) is 0 Å². The Morgan fingerprint density at radius 2 is 1.96 bits per heavy atom. The SMILES string of the molecule is CCOc1ccc(C(=O)O[C@@H](C)C(=O)Nc2ncc(Cl)cc2Cl)cc1OC. The van der Waals surface area contributed by atoms with Gasteiger partial charge in [0.1, 0.15) is 0 Å². The van der Waals surface area contributed by atoms with E-state index in [9.17, 15) is 9.59 Å². The van der Waals surface area contributed by atoms with Gasteiger partial charge in [-0.05, 0) is 38.1 Å². The van der Waals surface area contributed by atoms with Gasteiger partial charge in [-0.25, -0.2) is 9.78 Å². The summed E-state index contributed by atoms with van der Waals surface area (Å²) in [5.74, 6) is -0.254. The zero-order chi connectivity index (χ0) is 20.0. The van der Waals surface area contributed by atoms with Gasteiger partial charge in [0.15, 0.2) is 23.4 Å². The van der Waals surface area contributed by atoms with Crippen LogP contribution in [-0.2, 0) is 9.53 Å². The molecule has 1 aromatic carbocycles. The molecule has 144 valence electrons. The summed E-state index contributed by atoms with van der Waals surface area (Å²) >= 11 is 11.7. The van der Waals surface area contributed by atoms with Crippen LogP contribution in [0.2, 0.25) is 10.0 Å². The quantitative estimate of drug-likeness (QED) is 0.691. The molecule has 1 amide bonds. The zero-order valence-electron chi connectivity index (χ0n) is 14.9.